The average molecular weight is 246 g/mol. The lowest BCUT2D eigenvalue weighted by Gasteiger charge is -2.12. The number of carbonyl (C=O) groups is 2. The number of anilines is 1. The lowest BCUT2D eigenvalue weighted by atomic mass is 10.2. The minimum Gasteiger partial charge on any atom is -0.478 e. The molecule has 0 heterocycles. The van der Waals surface area contributed by atoms with E-state index in [2.05, 4.69) is 16.6 Å². The first-order chi connectivity index (χ1) is 8.56. The van der Waals surface area contributed by atoms with E-state index in [1.54, 1.807) is 12.1 Å². The van der Waals surface area contributed by atoms with E-state index in [1.165, 1.54) is 12.1 Å². The number of benzene rings is 1. The number of aromatic carboxylic acids is 1. The fourth-order valence-corrected chi connectivity index (χ4v) is 1.32. The Hall–Kier alpha value is -2.48. The predicted octanol–water partition coefficient (Wildman–Crippen LogP) is 1.92. The second-order valence-corrected chi connectivity index (χ2v) is 3.61. The molecule has 1 aromatic carbocycles. The fraction of sp³-hybridized carbons (Fsp3) is 0.231. The van der Waals surface area contributed by atoms with E-state index in [4.69, 9.17) is 11.5 Å². The predicted molar refractivity (Wildman–Crippen MR) is 68.5 cm³/mol. The third-order valence-electron chi connectivity index (χ3n) is 2.28. The van der Waals surface area contributed by atoms with Gasteiger partial charge in [0.1, 0.15) is 0 Å². The molecule has 0 aliphatic carbocycles. The van der Waals surface area contributed by atoms with Gasteiger partial charge in [0.2, 0.25) is 0 Å². The standard InChI is InChI=1S/C13H14N2O3/c1-3-10(4-2)14-13(18)15-11-7-5-6-9(8-11)12(16)17/h1,5-8,10H,4H2,2H3,(H,16,17)(H2,14,15,18). The van der Waals surface area contributed by atoms with Crippen LogP contribution in [-0.2, 0) is 0 Å². The molecule has 5 heteroatoms. The SMILES string of the molecule is C#CC(CC)NC(=O)Nc1cccc(C(=O)O)c1. The smallest absolute Gasteiger partial charge is 0.335 e. The average Bonchev–Trinajstić information content (AvgIpc) is 2.36. The van der Waals surface area contributed by atoms with E-state index in [-0.39, 0.29) is 11.6 Å². The summed E-state index contributed by atoms with van der Waals surface area (Å²) in [5.41, 5.74) is 0.510. The van der Waals surface area contributed by atoms with E-state index in [0.717, 1.165) is 0 Å². The Balaban J connectivity index is 2.68. The van der Waals surface area contributed by atoms with Gasteiger partial charge in [0.15, 0.2) is 0 Å². The van der Waals surface area contributed by atoms with Gasteiger partial charge in [-0.15, -0.1) is 6.42 Å². The normalized spacial score (nSPS) is 11.1. The van der Waals surface area contributed by atoms with Crippen molar-refractivity contribution in [2.45, 2.75) is 19.4 Å². The molecule has 0 bridgehead atoms. The number of rotatable bonds is 4. The van der Waals surface area contributed by atoms with Gasteiger partial charge in [0.05, 0.1) is 11.6 Å². The summed E-state index contributed by atoms with van der Waals surface area (Å²) < 4.78 is 0. The minimum atomic E-state index is -1.05. The molecule has 1 rings (SSSR count). The number of carbonyl (C=O) groups excluding carboxylic acids is 1. The first kappa shape index (κ1) is 13.6. The van der Waals surface area contributed by atoms with Crippen LogP contribution in [0.25, 0.3) is 0 Å². The molecule has 0 aliphatic rings. The van der Waals surface area contributed by atoms with Crippen LogP contribution in [0, 0.1) is 12.3 Å². The second-order valence-electron chi connectivity index (χ2n) is 3.61. The van der Waals surface area contributed by atoms with E-state index < -0.39 is 12.0 Å². The molecule has 0 saturated heterocycles. The topological polar surface area (TPSA) is 78.4 Å². The zero-order valence-corrected chi connectivity index (χ0v) is 9.93. The lowest BCUT2D eigenvalue weighted by molar-refractivity contribution is 0.0697. The Kier molecular flexibility index (Phi) is 4.76. The molecule has 0 spiro atoms. The summed E-state index contributed by atoms with van der Waals surface area (Å²) in [5.74, 6) is 1.38. The molecule has 1 unspecified atom stereocenters. The summed E-state index contributed by atoms with van der Waals surface area (Å²) in [5, 5.41) is 13.9. The van der Waals surface area contributed by atoms with Gasteiger partial charge in [-0.25, -0.2) is 9.59 Å². The molecule has 0 fully saturated rings. The molecular formula is C13H14N2O3. The van der Waals surface area contributed by atoms with Crippen molar-refractivity contribution in [3.63, 3.8) is 0 Å². The van der Waals surface area contributed by atoms with Crippen LogP contribution < -0.4 is 10.6 Å². The summed E-state index contributed by atoms with van der Waals surface area (Å²) >= 11 is 0. The van der Waals surface area contributed by atoms with Crippen molar-refractivity contribution >= 4 is 17.7 Å². The molecule has 2 amide bonds. The summed E-state index contributed by atoms with van der Waals surface area (Å²) in [7, 11) is 0. The summed E-state index contributed by atoms with van der Waals surface area (Å²) in [6.07, 6.45) is 5.84. The zero-order valence-electron chi connectivity index (χ0n) is 9.93. The monoisotopic (exact) mass is 246 g/mol. The van der Waals surface area contributed by atoms with Crippen molar-refractivity contribution in [3.8, 4) is 12.3 Å². The van der Waals surface area contributed by atoms with Crippen LogP contribution in [-0.4, -0.2) is 23.1 Å². The van der Waals surface area contributed by atoms with E-state index >= 15 is 0 Å². The van der Waals surface area contributed by atoms with Crippen LogP contribution in [0.3, 0.4) is 0 Å². The number of urea groups is 1. The molecule has 0 radical (unpaired) electrons. The Labute approximate surface area is 105 Å². The first-order valence-electron chi connectivity index (χ1n) is 5.43. The highest BCUT2D eigenvalue weighted by molar-refractivity contribution is 5.93. The Morgan fingerprint density at radius 2 is 2.22 bits per heavy atom. The summed E-state index contributed by atoms with van der Waals surface area (Å²) in [4.78, 5) is 22.3. The van der Waals surface area contributed by atoms with Gasteiger partial charge in [-0.1, -0.05) is 18.9 Å². The maximum Gasteiger partial charge on any atom is 0.335 e. The molecule has 5 nitrogen and oxygen atoms in total. The van der Waals surface area contributed by atoms with Crippen LogP contribution in [0.2, 0.25) is 0 Å². The highest BCUT2D eigenvalue weighted by Gasteiger charge is 2.08. The van der Waals surface area contributed by atoms with Crippen LogP contribution in [0.5, 0.6) is 0 Å². The summed E-state index contributed by atoms with van der Waals surface area (Å²) in [6.45, 7) is 1.86. The third kappa shape index (κ3) is 3.83. The van der Waals surface area contributed by atoms with Gasteiger partial charge in [-0.2, -0.15) is 0 Å². The summed E-state index contributed by atoms with van der Waals surface area (Å²) in [6, 6.07) is 5.18. The van der Waals surface area contributed by atoms with E-state index in [0.29, 0.717) is 12.1 Å². The molecule has 1 aromatic rings. The van der Waals surface area contributed by atoms with Crippen LogP contribution in [0.4, 0.5) is 10.5 Å². The maximum absolute atomic E-state index is 11.6. The van der Waals surface area contributed by atoms with Crippen LogP contribution in [0.1, 0.15) is 23.7 Å². The number of terminal acetylenes is 1. The van der Waals surface area contributed by atoms with Gasteiger partial charge in [0.25, 0.3) is 0 Å². The number of carboxylic acids is 1. The van der Waals surface area contributed by atoms with Crippen molar-refractivity contribution in [1.29, 1.82) is 0 Å². The Morgan fingerprint density at radius 3 is 2.78 bits per heavy atom. The van der Waals surface area contributed by atoms with Gasteiger partial charge in [0, 0.05) is 5.69 Å². The van der Waals surface area contributed by atoms with Crippen molar-refractivity contribution < 1.29 is 14.7 Å². The number of hydrogen-bond acceptors (Lipinski definition) is 2. The number of amides is 2. The molecule has 18 heavy (non-hydrogen) atoms. The van der Waals surface area contributed by atoms with Gasteiger partial charge in [-0.05, 0) is 24.6 Å². The quantitative estimate of drug-likeness (QED) is 0.710. The third-order valence-corrected chi connectivity index (χ3v) is 2.28. The molecule has 3 N–H and O–H groups in total. The number of hydrogen-bond donors (Lipinski definition) is 3. The molecule has 1 atom stereocenters. The number of nitrogens with one attached hydrogen (secondary N) is 2. The Bertz CT molecular complexity index is 491. The second kappa shape index (κ2) is 6.30. The first-order valence-corrected chi connectivity index (χ1v) is 5.43. The lowest BCUT2D eigenvalue weighted by Crippen LogP contribution is -2.36. The van der Waals surface area contributed by atoms with Crippen molar-refractivity contribution in [3.05, 3.63) is 29.8 Å². The van der Waals surface area contributed by atoms with Gasteiger partial charge in [-0.3, -0.25) is 0 Å². The molecule has 0 aliphatic heterocycles. The van der Waals surface area contributed by atoms with Crippen molar-refractivity contribution in [2.24, 2.45) is 0 Å². The minimum absolute atomic E-state index is 0.108. The van der Waals surface area contributed by atoms with Crippen LogP contribution in [0.15, 0.2) is 24.3 Å². The van der Waals surface area contributed by atoms with Crippen molar-refractivity contribution in [1.82, 2.24) is 5.32 Å². The maximum atomic E-state index is 11.6. The van der Waals surface area contributed by atoms with Gasteiger partial charge >= 0.3 is 12.0 Å². The molecule has 94 valence electrons. The fourth-order valence-electron chi connectivity index (χ4n) is 1.32. The van der Waals surface area contributed by atoms with Crippen molar-refractivity contribution in [2.75, 3.05) is 5.32 Å². The number of carboxylic acid groups (broad SMARTS) is 1. The zero-order chi connectivity index (χ0) is 13.5. The molecule has 0 saturated carbocycles. The molecular weight excluding hydrogens is 232 g/mol. The molecule has 0 aromatic heterocycles. The van der Waals surface area contributed by atoms with Gasteiger partial charge < -0.3 is 15.7 Å². The van der Waals surface area contributed by atoms with Crippen LogP contribution >= 0.6 is 0 Å². The highest BCUT2D eigenvalue weighted by atomic mass is 16.4. The van der Waals surface area contributed by atoms with E-state index in [1.807, 2.05) is 6.92 Å². The largest absolute Gasteiger partial charge is 0.478 e. The Morgan fingerprint density at radius 1 is 1.50 bits per heavy atom. The van der Waals surface area contributed by atoms with E-state index in [9.17, 15) is 9.59 Å². The highest BCUT2D eigenvalue weighted by Crippen LogP contribution is 2.10.